The maximum atomic E-state index is 5.36. The van der Waals surface area contributed by atoms with Gasteiger partial charge in [0.25, 0.3) is 0 Å². The van der Waals surface area contributed by atoms with E-state index in [1.54, 1.807) is 12.2 Å². The lowest BCUT2D eigenvalue weighted by Gasteiger charge is -1.94. The van der Waals surface area contributed by atoms with E-state index in [1.165, 1.54) is 6.08 Å². The Kier molecular flexibility index (Phi) is 10.3. The van der Waals surface area contributed by atoms with Gasteiger partial charge in [0.15, 0.2) is 5.96 Å². The largest absolute Gasteiger partial charge is 0.370 e. The minimum Gasteiger partial charge on any atom is -0.370 e. The van der Waals surface area contributed by atoms with Gasteiger partial charge in [-0.3, -0.25) is 0 Å². The van der Waals surface area contributed by atoms with E-state index in [2.05, 4.69) is 23.1 Å². The second-order valence-electron chi connectivity index (χ2n) is 2.04. The molecule has 0 aliphatic heterocycles. The van der Waals surface area contributed by atoms with Crippen molar-refractivity contribution in [1.29, 1.82) is 0 Å². The van der Waals surface area contributed by atoms with Crippen LogP contribution in [0.25, 0.3) is 0 Å². The van der Waals surface area contributed by atoms with Crippen LogP contribution in [0.3, 0.4) is 0 Å². The van der Waals surface area contributed by atoms with Gasteiger partial charge in [0.2, 0.25) is 5.96 Å². The highest BCUT2D eigenvalue weighted by molar-refractivity contribution is 5.92. The maximum absolute atomic E-state index is 5.36. The first-order chi connectivity index (χ1) is 7.10. The van der Waals surface area contributed by atoms with Crippen molar-refractivity contribution in [2.24, 2.45) is 27.2 Å². The van der Waals surface area contributed by atoms with Crippen LogP contribution >= 0.6 is 0 Å². The van der Waals surface area contributed by atoms with Gasteiger partial charge in [-0.25, -0.2) is 4.99 Å². The predicted molar refractivity (Wildman–Crippen MR) is 67.3 cm³/mol. The molecule has 0 aliphatic rings. The van der Waals surface area contributed by atoms with Crippen LogP contribution in [0.5, 0.6) is 0 Å². The topological polar surface area (TPSA) is 103 Å². The standard InChI is InChI=1S/C8H13N5.C2H6/c1-3-5-6(4-2)12-8(11)13-7(9)10;1-2/h3-5H,1-2H2,(H6,9,10,11,12,13);1-2H3/b6-5+;. The first-order valence-electron chi connectivity index (χ1n) is 4.49. The van der Waals surface area contributed by atoms with Crippen LogP contribution in [0, 0.1) is 0 Å². The number of aliphatic imine (C=N–C) groups is 2. The zero-order valence-corrected chi connectivity index (χ0v) is 9.27. The van der Waals surface area contributed by atoms with E-state index >= 15 is 0 Å². The zero-order chi connectivity index (χ0) is 12.3. The number of nitrogens with two attached hydrogens (primary N) is 3. The van der Waals surface area contributed by atoms with Crippen molar-refractivity contribution in [3.8, 4) is 0 Å². The summed E-state index contributed by atoms with van der Waals surface area (Å²) in [5, 5.41) is 0. The Morgan fingerprint density at radius 2 is 1.60 bits per heavy atom. The van der Waals surface area contributed by atoms with E-state index < -0.39 is 0 Å². The molecule has 6 N–H and O–H groups in total. The van der Waals surface area contributed by atoms with Crippen LogP contribution in [0.15, 0.2) is 47.1 Å². The number of nitrogens with zero attached hydrogens (tertiary/aromatic N) is 2. The highest BCUT2D eigenvalue weighted by Gasteiger charge is 1.90. The Bertz CT molecular complexity index is 282. The summed E-state index contributed by atoms with van der Waals surface area (Å²) in [4.78, 5) is 7.37. The molecular weight excluding hydrogens is 190 g/mol. The predicted octanol–water partition coefficient (Wildman–Crippen LogP) is 0.857. The van der Waals surface area contributed by atoms with Gasteiger partial charge in [-0.05, 0) is 12.2 Å². The number of hydrogen-bond donors (Lipinski definition) is 3. The van der Waals surface area contributed by atoms with Crippen molar-refractivity contribution >= 4 is 11.9 Å². The summed E-state index contributed by atoms with van der Waals surface area (Å²) in [7, 11) is 0. The number of hydrogen-bond acceptors (Lipinski definition) is 1. The van der Waals surface area contributed by atoms with Gasteiger partial charge in [0, 0.05) is 0 Å². The van der Waals surface area contributed by atoms with Gasteiger partial charge in [-0.2, -0.15) is 4.99 Å². The molecule has 0 rings (SSSR count). The molecule has 0 unspecified atom stereocenters. The average Bonchev–Trinajstić information content (AvgIpc) is 2.19. The van der Waals surface area contributed by atoms with Crippen LogP contribution in [-0.4, -0.2) is 11.9 Å². The van der Waals surface area contributed by atoms with Crippen LogP contribution in [0.4, 0.5) is 0 Å². The third kappa shape index (κ3) is 9.88. The van der Waals surface area contributed by atoms with Crippen molar-refractivity contribution in [1.82, 2.24) is 0 Å². The molecule has 0 aliphatic carbocycles. The molecule has 84 valence electrons. The van der Waals surface area contributed by atoms with E-state index in [9.17, 15) is 0 Å². The second-order valence-corrected chi connectivity index (χ2v) is 2.04. The van der Waals surface area contributed by atoms with Crippen molar-refractivity contribution in [3.63, 3.8) is 0 Å². The fourth-order valence-corrected chi connectivity index (χ4v) is 0.561. The first kappa shape index (κ1) is 15.4. The summed E-state index contributed by atoms with van der Waals surface area (Å²) < 4.78 is 0. The Morgan fingerprint density at radius 3 is 1.93 bits per heavy atom. The lowest BCUT2D eigenvalue weighted by molar-refractivity contribution is 1.33. The molecule has 0 aromatic carbocycles. The maximum Gasteiger partial charge on any atom is 0.223 e. The summed E-state index contributed by atoms with van der Waals surface area (Å²) in [5.41, 5.74) is 16.1. The smallest absolute Gasteiger partial charge is 0.223 e. The van der Waals surface area contributed by atoms with Crippen molar-refractivity contribution in [3.05, 3.63) is 37.1 Å². The van der Waals surface area contributed by atoms with E-state index in [0.29, 0.717) is 5.70 Å². The molecule has 0 fully saturated rings. The number of allylic oxidation sites excluding steroid dienone is 3. The number of guanidine groups is 2. The molecule has 0 heterocycles. The van der Waals surface area contributed by atoms with Crippen LogP contribution < -0.4 is 17.2 Å². The number of rotatable bonds is 3. The highest BCUT2D eigenvalue weighted by Crippen LogP contribution is 1.97. The van der Waals surface area contributed by atoms with Gasteiger partial charge in [-0.1, -0.05) is 33.1 Å². The Balaban J connectivity index is 0. The molecule has 0 aromatic rings. The van der Waals surface area contributed by atoms with Gasteiger partial charge >= 0.3 is 0 Å². The van der Waals surface area contributed by atoms with Crippen LogP contribution in [0.1, 0.15) is 13.8 Å². The van der Waals surface area contributed by atoms with E-state index in [0.717, 1.165) is 0 Å². The summed E-state index contributed by atoms with van der Waals surface area (Å²) in [6.45, 7) is 11.0. The first-order valence-corrected chi connectivity index (χ1v) is 4.49. The molecule has 0 bridgehead atoms. The lowest BCUT2D eigenvalue weighted by atomic mass is 10.4. The van der Waals surface area contributed by atoms with Gasteiger partial charge in [0.05, 0.1) is 5.70 Å². The van der Waals surface area contributed by atoms with Crippen molar-refractivity contribution in [2.45, 2.75) is 13.8 Å². The van der Waals surface area contributed by atoms with Gasteiger partial charge in [0.1, 0.15) is 0 Å². The summed E-state index contributed by atoms with van der Waals surface area (Å²) in [6.07, 6.45) is 4.70. The van der Waals surface area contributed by atoms with Gasteiger partial charge < -0.3 is 17.2 Å². The Morgan fingerprint density at radius 1 is 1.07 bits per heavy atom. The third-order valence-corrected chi connectivity index (χ3v) is 0.985. The van der Waals surface area contributed by atoms with E-state index in [4.69, 9.17) is 17.2 Å². The molecule has 0 radical (unpaired) electrons. The normalized spacial score (nSPS) is 10.8. The summed E-state index contributed by atoms with van der Waals surface area (Å²) >= 11 is 0. The fourth-order valence-electron chi connectivity index (χ4n) is 0.561. The second kappa shape index (κ2) is 10.0. The van der Waals surface area contributed by atoms with Crippen molar-refractivity contribution in [2.75, 3.05) is 0 Å². The Labute approximate surface area is 90.8 Å². The molecule has 0 saturated carbocycles. The lowest BCUT2D eigenvalue weighted by Crippen LogP contribution is -2.26. The zero-order valence-electron chi connectivity index (χ0n) is 9.27. The molecule has 0 saturated heterocycles. The summed E-state index contributed by atoms with van der Waals surface area (Å²) in [5.74, 6) is -0.156. The highest BCUT2D eigenvalue weighted by atomic mass is 15.1. The monoisotopic (exact) mass is 209 g/mol. The third-order valence-electron chi connectivity index (χ3n) is 0.985. The fraction of sp³-hybridized carbons (Fsp3) is 0.200. The molecular formula is C10H19N5. The molecule has 5 nitrogen and oxygen atoms in total. The molecule has 0 aromatic heterocycles. The Hall–Kier alpha value is -2.04. The quantitative estimate of drug-likeness (QED) is 0.365. The van der Waals surface area contributed by atoms with E-state index in [1.807, 2.05) is 13.8 Å². The molecule has 0 amide bonds. The molecule has 0 spiro atoms. The minimum absolute atomic E-state index is 0.0204. The molecule has 5 heteroatoms. The van der Waals surface area contributed by atoms with Gasteiger partial charge in [-0.15, -0.1) is 0 Å². The van der Waals surface area contributed by atoms with Crippen LogP contribution in [-0.2, 0) is 0 Å². The van der Waals surface area contributed by atoms with Crippen LogP contribution in [0.2, 0.25) is 0 Å². The van der Waals surface area contributed by atoms with Crippen molar-refractivity contribution < 1.29 is 0 Å². The molecule has 15 heavy (non-hydrogen) atoms. The average molecular weight is 209 g/mol. The molecule has 0 atom stereocenters. The van der Waals surface area contributed by atoms with E-state index in [-0.39, 0.29) is 11.9 Å². The summed E-state index contributed by atoms with van der Waals surface area (Å²) in [6, 6.07) is 0. The minimum atomic E-state index is -0.136. The SMILES string of the molecule is C=C/C=C(\C=C)N=C(N)N=C(N)N.CC.